The van der Waals surface area contributed by atoms with Gasteiger partial charge in [0.1, 0.15) is 0 Å². The fraction of sp³-hybridized carbons (Fsp3) is 0.579. The van der Waals surface area contributed by atoms with Crippen LogP contribution in [0.1, 0.15) is 47.5 Å². The smallest absolute Gasteiger partial charge is 0.240 e. The van der Waals surface area contributed by atoms with Gasteiger partial charge in [0, 0.05) is 30.2 Å². The Labute approximate surface area is 161 Å². The molecule has 8 heteroatoms. The highest BCUT2D eigenvalue weighted by atomic mass is 32.2. The summed E-state index contributed by atoms with van der Waals surface area (Å²) in [6.45, 7) is 9.92. The normalized spacial score (nSPS) is 19.2. The lowest BCUT2D eigenvalue weighted by molar-refractivity contribution is -0.131. The van der Waals surface area contributed by atoms with E-state index < -0.39 is 15.9 Å². The summed E-state index contributed by atoms with van der Waals surface area (Å²) in [6, 6.07) is 5.88. The van der Waals surface area contributed by atoms with Gasteiger partial charge in [-0.1, -0.05) is 6.92 Å². The quantitative estimate of drug-likeness (QED) is 0.773. The third kappa shape index (κ3) is 5.29. The van der Waals surface area contributed by atoms with Crippen molar-refractivity contribution >= 4 is 27.5 Å². The molecule has 0 aromatic heterocycles. The fourth-order valence-electron chi connectivity index (χ4n) is 2.91. The van der Waals surface area contributed by atoms with Crippen LogP contribution in [0.15, 0.2) is 29.2 Å². The van der Waals surface area contributed by atoms with Crippen LogP contribution in [-0.4, -0.2) is 43.3 Å². The second-order valence-corrected chi connectivity index (χ2v) is 9.73. The number of rotatable bonds is 6. The summed E-state index contributed by atoms with van der Waals surface area (Å²) in [5.74, 6) is -0.671. The highest BCUT2D eigenvalue weighted by Crippen LogP contribution is 2.27. The minimum atomic E-state index is -3.58. The Morgan fingerprint density at radius 3 is 2.33 bits per heavy atom. The summed E-state index contributed by atoms with van der Waals surface area (Å²) in [7, 11) is -3.58. The first-order chi connectivity index (χ1) is 12.4. The molecule has 0 unspecified atom stereocenters. The van der Waals surface area contributed by atoms with Crippen molar-refractivity contribution in [1.29, 1.82) is 0 Å². The van der Waals surface area contributed by atoms with Gasteiger partial charge < -0.3 is 10.2 Å². The van der Waals surface area contributed by atoms with Gasteiger partial charge in [-0.25, -0.2) is 13.1 Å². The number of likely N-dealkylation sites (tertiary alicyclic amines) is 1. The van der Waals surface area contributed by atoms with Gasteiger partial charge in [0.05, 0.1) is 10.8 Å². The van der Waals surface area contributed by atoms with Crippen LogP contribution in [0.4, 0.5) is 5.69 Å². The molecule has 1 heterocycles. The molecular formula is C19H29N3O4S. The average molecular weight is 396 g/mol. The Bertz CT molecular complexity index is 797. The van der Waals surface area contributed by atoms with Gasteiger partial charge in [-0.3, -0.25) is 9.59 Å². The molecule has 0 saturated carbocycles. The third-order valence-electron chi connectivity index (χ3n) is 4.71. The second-order valence-electron chi connectivity index (χ2n) is 8.02. The standard InChI is InChI=1S/C19H29N3O4S/c1-6-13(2)21-27(25,26)16-9-7-15(8-10-16)20-18(24)14-11-17(23)22(12-14)19(3,4)5/h7-10,13-14,21H,6,11-12H2,1-5H3,(H,20,24)/t13-,14-/m0/s1. The topological polar surface area (TPSA) is 95.6 Å². The molecule has 2 rings (SSSR count). The summed E-state index contributed by atoms with van der Waals surface area (Å²) in [4.78, 5) is 26.5. The van der Waals surface area contributed by atoms with Crippen molar-refractivity contribution in [3.63, 3.8) is 0 Å². The minimum Gasteiger partial charge on any atom is -0.337 e. The van der Waals surface area contributed by atoms with Gasteiger partial charge in [0.25, 0.3) is 0 Å². The molecule has 1 aliphatic rings. The predicted molar refractivity (Wildman–Crippen MR) is 105 cm³/mol. The lowest BCUT2D eigenvalue weighted by atomic mass is 10.1. The summed E-state index contributed by atoms with van der Waals surface area (Å²) >= 11 is 0. The van der Waals surface area contributed by atoms with Crippen molar-refractivity contribution < 1.29 is 18.0 Å². The van der Waals surface area contributed by atoms with Crippen molar-refractivity contribution in [2.45, 2.75) is 63.9 Å². The van der Waals surface area contributed by atoms with Gasteiger partial charge in [-0.05, 0) is 58.4 Å². The maximum atomic E-state index is 12.5. The molecule has 7 nitrogen and oxygen atoms in total. The Hall–Kier alpha value is -1.93. The van der Waals surface area contributed by atoms with E-state index in [4.69, 9.17) is 0 Å². The number of carbonyl (C=O) groups is 2. The van der Waals surface area contributed by atoms with E-state index in [9.17, 15) is 18.0 Å². The Balaban J connectivity index is 2.03. The molecule has 0 aliphatic carbocycles. The van der Waals surface area contributed by atoms with Crippen LogP contribution in [0.2, 0.25) is 0 Å². The number of anilines is 1. The minimum absolute atomic E-state index is 0.0276. The van der Waals surface area contributed by atoms with Crippen LogP contribution < -0.4 is 10.0 Å². The molecule has 1 aliphatic heterocycles. The number of benzene rings is 1. The maximum absolute atomic E-state index is 12.5. The first-order valence-corrected chi connectivity index (χ1v) is 10.7. The zero-order valence-electron chi connectivity index (χ0n) is 16.6. The maximum Gasteiger partial charge on any atom is 0.240 e. The first kappa shape index (κ1) is 21.4. The molecular weight excluding hydrogens is 366 g/mol. The summed E-state index contributed by atoms with van der Waals surface area (Å²) in [5.41, 5.74) is 0.189. The van der Waals surface area contributed by atoms with Crippen LogP contribution in [0.3, 0.4) is 0 Å². The third-order valence-corrected chi connectivity index (χ3v) is 6.31. The summed E-state index contributed by atoms with van der Waals surface area (Å²) in [6.07, 6.45) is 0.882. The van der Waals surface area contributed by atoms with Crippen molar-refractivity contribution in [2.75, 3.05) is 11.9 Å². The lowest BCUT2D eigenvalue weighted by Crippen LogP contribution is -2.42. The SMILES string of the molecule is CC[C@H](C)NS(=O)(=O)c1ccc(NC(=O)[C@H]2CC(=O)N(C(C)(C)C)C2)cc1. The molecule has 0 spiro atoms. The van der Waals surface area contributed by atoms with Gasteiger partial charge >= 0.3 is 0 Å². The number of nitrogens with one attached hydrogen (secondary N) is 2. The highest BCUT2D eigenvalue weighted by Gasteiger charge is 2.39. The van der Waals surface area contributed by atoms with E-state index in [2.05, 4.69) is 10.0 Å². The number of hydrogen-bond acceptors (Lipinski definition) is 4. The van der Waals surface area contributed by atoms with Crippen LogP contribution in [0.25, 0.3) is 0 Å². The van der Waals surface area contributed by atoms with E-state index in [0.717, 1.165) is 0 Å². The number of nitrogens with zero attached hydrogens (tertiary/aromatic N) is 1. The van der Waals surface area contributed by atoms with Crippen molar-refractivity contribution in [3.05, 3.63) is 24.3 Å². The van der Waals surface area contributed by atoms with E-state index in [0.29, 0.717) is 18.7 Å². The predicted octanol–water partition coefficient (Wildman–Crippen LogP) is 2.35. The number of carbonyl (C=O) groups excluding carboxylic acids is 2. The highest BCUT2D eigenvalue weighted by molar-refractivity contribution is 7.89. The Morgan fingerprint density at radius 2 is 1.85 bits per heavy atom. The average Bonchev–Trinajstić information content (AvgIpc) is 2.97. The monoisotopic (exact) mass is 395 g/mol. The number of hydrogen-bond donors (Lipinski definition) is 2. The van der Waals surface area contributed by atoms with E-state index in [-0.39, 0.29) is 34.7 Å². The Kier molecular flexibility index (Phi) is 6.32. The van der Waals surface area contributed by atoms with Gasteiger partial charge in [0.15, 0.2) is 0 Å². The molecule has 0 radical (unpaired) electrons. The van der Waals surface area contributed by atoms with Gasteiger partial charge in [-0.2, -0.15) is 0 Å². The number of sulfonamides is 1. The van der Waals surface area contributed by atoms with Gasteiger partial charge in [0.2, 0.25) is 21.8 Å². The zero-order valence-corrected chi connectivity index (χ0v) is 17.4. The van der Waals surface area contributed by atoms with Crippen molar-refractivity contribution in [1.82, 2.24) is 9.62 Å². The molecule has 150 valence electrons. The molecule has 0 bridgehead atoms. The molecule has 1 fully saturated rings. The largest absolute Gasteiger partial charge is 0.337 e. The number of amides is 2. The van der Waals surface area contributed by atoms with E-state index in [1.807, 2.05) is 27.7 Å². The fourth-order valence-corrected chi connectivity index (χ4v) is 4.24. The molecule has 1 saturated heterocycles. The van der Waals surface area contributed by atoms with E-state index in [1.165, 1.54) is 12.1 Å². The molecule has 1 aromatic rings. The Morgan fingerprint density at radius 1 is 1.26 bits per heavy atom. The zero-order chi connectivity index (χ0) is 20.4. The van der Waals surface area contributed by atoms with Crippen LogP contribution in [0, 0.1) is 5.92 Å². The van der Waals surface area contributed by atoms with Crippen molar-refractivity contribution in [3.8, 4) is 0 Å². The molecule has 2 amide bonds. The summed E-state index contributed by atoms with van der Waals surface area (Å²) in [5, 5.41) is 2.77. The lowest BCUT2D eigenvalue weighted by Gasteiger charge is -2.31. The van der Waals surface area contributed by atoms with E-state index in [1.54, 1.807) is 24.0 Å². The summed E-state index contributed by atoms with van der Waals surface area (Å²) < 4.78 is 27.1. The van der Waals surface area contributed by atoms with E-state index >= 15 is 0 Å². The van der Waals surface area contributed by atoms with Crippen LogP contribution in [0.5, 0.6) is 0 Å². The molecule has 27 heavy (non-hydrogen) atoms. The molecule has 2 atom stereocenters. The first-order valence-electron chi connectivity index (χ1n) is 9.17. The van der Waals surface area contributed by atoms with Gasteiger partial charge in [-0.15, -0.1) is 0 Å². The van der Waals surface area contributed by atoms with Crippen LogP contribution >= 0.6 is 0 Å². The second kappa shape index (κ2) is 7.98. The molecule has 2 N–H and O–H groups in total. The molecule has 1 aromatic carbocycles. The van der Waals surface area contributed by atoms with Crippen LogP contribution in [-0.2, 0) is 19.6 Å². The van der Waals surface area contributed by atoms with Crippen molar-refractivity contribution in [2.24, 2.45) is 5.92 Å².